The van der Waals surface area contributed by atoms with Crippen molar-refractivity contribution in [2.24, 2.45) is 0 Å². The molecule has 7 nitrogen and oxygen atoms in total. The quantitative estimate of drug-likeness (QED) is 0.352. The van der Waals surface area contributed by atoms with Crippen LogP contribution in [-0.2, 0) is 0 Å². The van der Waals surface area contributed by atoms with Gasteiger partial charge in [0.15, 0.2) is 0 Å². The second-order valence-corrected chi connectivity index (χ2v) is 7.50. The van der Waals surface area contributed by atoms with Crippen LogP contribution in [0, 0.1) is 10.8 Å². The number of fused-ring (bicyclic) bond motifs is 1. The number of halogens is 3. The number of hydrogen-bond donors (Lipinski definition) is 4. The van der Waals surface area contributed by atoms with E-state index in [1.807, 2.05) is 0 Å². The summed E-state index contributed by atoms with van der Waals surface area (Å²) in [4.78, 5) is 16.0. The maximum Gasteiger partial charge on any atom is 0.405 e. The summed E-state index contributed by atoms with van der Waals surface area (Å²) in [5.74, 6) is 0. The first-order chi connectivity index (χ1) is 14.1. The molecule has 4 N–H and O–H groups in total. The molecule has 0 saturated heterocycles. The highest BCUT2D eigenvalue weighted by molar-refractivity contribution is 8.26. The van der Waals surface area contributed by atoms with Gasteiger partial charge in [0.05, 0.1) is 16.9 Å². The molecule has 11 heteroatoms. The van der Waals surface area contributed by atoms with E-state index >= 15 is 0 Å². The van der Waals surface area contributed by atoms with Crippen LogP contribution in [0.1, 0.15) is 12.5 Å². The van der Waals surface area contributed by atoms with Crippen molar-refractivity contribution >= 4 is 39.2 Å². The Morgan fingerprint density at radius 2 is 2.00 bits per heavy atom. The van der Waals surface area contributed by atoms with E-state index < -0.39 is 18.8 Å². The summed E-state index contributed by atoms with van der Waals surface area (Å²) in [6.07, 6.45) is -1.11. The Labute approximate surface area is 173 Å². The van der Waals surface area contributed by atoms with Gasteiger partial charge in [0.25, 0.3) is 0 Å². The highest BCUT2D eigenvalue weighted by Gasteiger charge is 2.27. The molecule has 0 aliphatic rings. The number of urea groups is 1. The zero-order chi connectivity index (χ0) is 21.9. The Morgan fingerprint density at radius 1 is 1.23 bits per heavy atom. The van der Waals surface area contributed by atoms with E-state index in [1.54, 1.807) is 65.4 Å². The molecule has 0 radical (unpaired) electrons. The first-order valence-corrected chi connectivity index (χ1v) is 9.45. The number of carbonyl (C=O) groups excluding carboxylic acids is 1. The molecule has 2 aromatic heterocycles. The van der Waals surface area contributed by atoms with Crippen LogP contribution in [0.5, 0.6) is 0 Å². The topological polar surface area (TPSA) is 106 Å². The first kappa shape index (κ1) is 21.4. The fraction of sp³-hybridized carbons (Fsp3) is 0.158. The number of nitrogens with one attached hydrogen (secondary N) is 4. The predicted octanol–water partition coefficient (Wildman–Crippen LogP) is 4.74. The molecular formula is C19H17F3N6OS. The lowest BCUT2D eigenvalue weighted by molar-refractivity contribution is -0.122. The van der Waals surface area contributed by atoms with Gasteiger partial charge >= 0.3 is 12.2 Å². The van der Waals surface area contributed by atoms with Crippen LogP contribution in [0.15, 0.2) is 48.8 Å². The molecule has 0 unspecified atom stereocenters. The van der Waals surface area contributed by atoms with E-state index in [2.05, 4.69) is 10.3 Å². The molecular weight excluding hydrogens is 417 g/mol. The second kappa shape index (κ2) is 8.57. The number of alkyl halides is 3. The summed E-state index contributed by atoms with van der Waals surface area (Å²) in [5.41, 5.74) is 2.96. The molecule has 0 fully saturated rings. The van der Waals surface area contributed by atoms with Crippen LogP contribution in [0.4, 0.5) is 23.7 Å². The van der Waals surface area contributed by atoms with E-state index in [9.17, 15) is 18.0 Å². The molecule has 0 aliphatic carbocycles. The summed E-state index contributed by atoms with van der Waals surface area (Å²) >= 11 is 1.05. The molecule has 0 spiro atoms. The molecule has 0 aliphatic heterocycles. The van der Waals surface area contributed by atoms with Gasteiger partial charge in [-0.25, -0.2) is 9.78 Å². The number of aromatic nitrogens is 2. The Bertz CT molecular complexity index is 1120. The fourth-order valence-corrected chi connectivity index (χ4v) is 3.21. The van der Waals surface area contributed by atoms with E-state index in [1.165, 1.54) is 0 Å². The van der Waals surface area contributed by atoms with Gasteiger partial charge in [0, 0.05) is 23.0 Å². The molecule has 0 saturated carbocycles. The molecule has 1 aromatic carbocycles. The van der Waals surface area contributed by atoms with E-state index in [4.69, 9.17) is 10.8 Å². The number of rotatable bonds is 4. The number of benzene rings is 1. The van der Waals surface area contributed by atoms with Gasteiger partial charge in [-0.2, -0.15) is 13.2 Å². The molecule has 0 atom stereocenters. The van der Waals surface area contributed by atoms with Crippen LogP contribution in [-0.4, -0.2) is 38.2 Å². The molecule has 30 heavy (non-hydrogen) atoms. The van der Waals surface area contributed by atoms with Gasteiger partial charge in [-0.1, -0.05) is 23.9 Å². The average molecular weight is 434 g/mol. The minimum atomic E-state index is -4.49. The van der Waals surface area contributed by atoms with Gasteiger partial charge in [-0.15, -0.1) is 0 Å². The minimum absolute atomic E-state index is 0.241. The van der Waals surface area contributed by atoms with Gasteiger partial charge in [0.2, 0.25) is 0 Å². The number of thioether (sulfide) groups is 1. The number of imidazole rings is 1. The van der Waals surface area contributed by atoms with Crippen LogP contribution in [0.25, 0.3) is 16.9 Å². The third-order valence-electron chi connectivity index (χ3n) is 3.90. The zero-order valence-corrected chi connectivity index (χ0v) is 16.5. The number of pyridine rings is 1. The van der Waals surface area contributed by atoms with Gasteiger partial charge < -0.3 is 10.6 Å². The van der Waals surface area contributed by atoms with Gasteiger partial charge in [-0.3, -0.25) is 15.2 Å². The van der Waals surface area contributed by atoms with Crippen molar-refractivity contribution in [2.45, 2.75) is 13.1 Å². The van der Waals surface area contributed by atoms with Gasteiger partial charge in [0.1, 0.15) is 17.2 Å². The summed E-state index contributed by atoms with van der Waals surface area (Å²) in [6, 6.07) is 9.16. The summed E-state index contributed by atoms with van der Waals surface area (Å²) < 4.78 is 38.4. The molecule has 3 rings (SSSR count). The normalized spacial score (nSPS) is 11.3. The number of carbonyl (C=O) groups is 1. The zero-order valence-electron chi connectivity index (χ0n) is 15.7. The Kier molecular flexibility index (Phi) is 6.11. The molecule has 3 aromatic rings. The lowest BCUT2D eigenvalue weighted by Crippen LogP contribution is -2.36. The van der Waals surface area contributed by atoms with Crippen LogP contribution in [0.2, 0.25) is 0 Å². The van der Waals surface area contributed by atoms with Crippen LogP contribution in [0.3, 0.4) is 0 Å². The Morgan fingerprint density at radius 3 is 2.70 bits per heavy atom. The van der Waals surface area contributed by atoms with E-state index in [0.29, 0.717) is 33.2 Å². The summed E-state index contributed by atoms with van der Waals surface area (Å²) in [5, 5.41) is 20.2. The minimum Gasteiger partial charge on any atom is -0.329 e. The van der Waals surface area contributed by atoms with Crippen molar-refractivity contribution < 1.29 is 18.0 Å². The highest BCUT2D eigenvalue weighted by Crippen LogP contribution is 2.25. The van der Waals surface area contributed by atoms with Crippen molar-refractivity contribution in [3.63, 3.8) is 0 Å². The third kappa shape index (κ3) is 5.38. The summed E-state index contributed by atoms with van der Waals surface area (Å²) in [6.45, 7) is 0.189. The lowest BCUT2D eigenvalue weighted by Gasteiger charge is -2.11. The van der Waals surface area contributed by atoms with Gasteiger partial charge in [-0.05, 0) is 31.2 Å². The highest BCUT2D eigenvalue weighted by atomic mass is 32.2. The van der Waals surface area contributed by atoms with Crippen molar-refractivity contribution in [3.05, 3.63) is 54.4 Å². The Balaban J connectivity index is 1.81. The first-order valence-electron chi connectivity index (χ1n) is 8.63. The molecule has 0 bridgehead atoms. The van der Waals surface area contributed by atoms with E-state index in [-0.39, 0.29) is 5.04 Å². The molecule has 156 valence electrons. The Hall–Kier alpha value is -3.34. The average Bonchev–Trinajstić information content (AvgIpc) is 3.09. The van der Waals surface area contributed by atoms with Crippen LogP contribution < -0.4 is 10.6 Å². The fourth-order valence-electron chi connectivity index (χ4n) is 2.66. The number of hydrogen-bond acceptors (Lipinski definition) is 5. The van der Waals surface area contributed by atoms with Crippen molar-refractivity contribution in [1.82, 2.24) is 14.7 Å². The maximum absolute atomic E-state index is 12.2. The van der Waals surface area contributed by atoms with E-state index in [0.717, 1.165) is 11.8 Å². The molecule has 2 amide bonds. The SMILES string of the molecule is CC(=N)SC(=N)c1ccn2c(-c3cccc(NC(=O)NCC(F)(F)F)c3)cnc2c1. The standard InChI is InChI=1S/C19H17F3N6OS/c1-11(23)30-17(24)13-5-6-28-15(9-25-16(28)8-13)12-3-2-4-14(7-12)27-18(29)26-10-19(20,21)22/h2-9,23-24H,10H2,1H3,(H2,26,27,29). The number of anilines is 1. The predicted molar refractivity (Wildman–Crippen MR) is 112 cm³/mol. The van der Waals surface area contributed by atoms with Crippen LogP contribution >= 0.6 is 11.8 Å². The lowest BCUT2D eigenvalue weighted by atomic mass is 10.1. The van der Waals surface area contributed by atoms with Crippen molar-refractivity contribution in [1.29, 1.82) is 10.8 Å². The third-order valence-corrected chi connectivity index (χ3v) is 4.64. The number of nitrogens with zero attached hydrogens (tertiary/aromatic N) is 2. The van der Waals surface area contributed by atoms with Crippen molar-refractivity contribution in [3.8, 4) is 11.3 Å². The second-order valence-electron chi connectivity index (χ2n) is 6.28. The monoisotopic (exact) mass is 434 g/mol. The van der Waals surface area contributed by atoms with Crippen molar-refractivity contribution in [2.75, 3.05) is 11.9 Å². The summed E-state index contributed by atoms with van der Waals surface area (Å²) in [7, 11) is 0. The largest absolute Gasteiger partial charge is 0.405 e. The number of amides is 2. The maximum atomic E-state index is 12.2. The smallest absolute Gasteiger partial charge is 0.329 e. The molecule has 2 heterocycles.